The van der Waals surface area contributed by atoms with E-state index in [0.717, 1.165) is 16.7 Å². The number of nitrogens with one attached hydrogen (secondary N) is 4. The minimum absolute atomic E-state index is 0.0238. The Hall–Kier alpha value is -4.80. The van der Waals surface area contributed by atoms with E-state index < -0.39 is 21.8 Å². The SMILES string of the molecule is CN(C)c1ccc2[nH]c(-c3cc(NC(=O)c4ccc(S(=O)(=O)NCC5CCN(c6ncc(C(=O)NO)cn6)CC5)cc4Cl)ccc3Cl)nc2c1. The highest BCUT2D eigenvalue weighted by molar-refractivity contribution is 7.89. The number of aromatic nitrogens is 4. The zero-order valence-corrected chi connectivity index (χ0v) is 29.3. The van der Waals surface area contributed by atoms with Crippen LogP contribution >= 0.6 is 23.2 Å². The number of hydrogen-bond donors (Lipinski definition) is 5. The fraction of sp³-hybridized carbons (Fsp3) is 0.242. The lowest BCUT2D eigenvalue weighted by Crippen LogP contribution is -2.39. The van der Waals surface area contributed by atoms with Gasteiger partial charge in [-0.05, 0) is 73.4 Å². The third-order valence-electron chi connectivity index (χ3n) is 8.42. The number of piperidine rings is 1. The van der Waals surface area contributed by atoms with Gasteiger partial charge in [0.1, 0.15) is 5.82 Å². The van der Waals surface area contributed by atoms with Crippen molar-refractivity contribution in [3.63, 3.8) is 0 Å². The number of aromatic amines is 1. The van der Waals surface area contributed by atoms with Gasteiger partial charge in [0, 0.05) is 63.1 Å². The Bertz CT molecular complexity index is 2170. The van der Waals surface area contributed by atoms with Gasteiger partial charge in [-0.15, -0.1) is 0 Å². The molecule has 0 saturated carbocycles. The molecule has 3 heterocycles. The van der Waals surface area contributed by atoms with E-state index in [1.807, 2.05) is 42.1 Å². The van der Waals surface area contributed by atoms with Crippen LogP contribution in [0.25, 0.3) is 22.4 Å². The minimum atomic E-state index is -3.91. The summed E-state index contributed by atoms with van der Waals surface area (Å²) < 4.78 is 28.9. The molecule has 3 aromatic carbocycles. The summed E-state index contributed by atoms with van der Waals surface area (Å²) in [4.78, 5) is 44.9. The first-order valence-corrected chi connectivity index (χ1v) is 17.7. The third-order valence-corrected chi connectivity index (χ3v) is 10.5. The van der Waals surface area contributed by atoms with Crippen LogP contribution in [0, 0.1) is 5.92 Å². The number of hydrogen-bond acceptors (Lipinski definition) is 10. The summed E-state index contributed by atoms with van der Waals surface area (Å²) in [6, 6.07) is 14.9. The molecule has 5 N–H and O–H groups in total. The highest BCUT2D eigenvalue weighted by Crippen LogP contribution is 2.32. The minimum Gasteiger partial charge on any atom is -0.378 e. The second kappa shape index (κ2) is 14.6. The molecule has 1 aliphatic heterocycles. The number of H-pyrrole nitrogens is 1. The quantitative estimate of drug-likeness (QED) is 0.0969. The molecule has 0 spiro atoms. The summed E-state index contributed by atoms with van der Waals surface area (Å²) in [5.41, 5.74) is 5.41. The highest BCUT2D eigenvalue weighted by Gasteiger charge is 2.25. The molecule has 0 bridgehead atoms. The van der Waals surface area contributed by atoms with Gasteiger partial charge >= 0.3 is 0 Å². The molecule has 2 aromatic heterocycles. The first-order valence-electron chi connectivity index (χ1n) is 15.5. The van der Waals surface area contributed by atoms with Crippen LogP contribution in [0.1, 0.15) is 33.6 Å². The van der Waals surface area contributed by atoms with Crippen molar-refractivity contribution in [2.75, 3.05) is 48.8 Å². The van der Waals surface area contributed by atoms with Gasteiger partial charge in [-0.1, -0.05) is 23.2 Å². The fourth-order valence-electron chi connectivity index (χ4n) is 5.54. The Morgan fingerprint density at radius 1 is 0.980 bits per heavy atom. The second-order valence-electron chi connectivity index (χ2n) is 12.0. The van der Waals surface area contributed by atoms with E-state index in [0.29, 0.717) is 54.0 Å². The lowest BCUT2D eigenvalue weighted by atomic mass is 9.97. The van der Waals surface area contributed by atoms with Crippen LogP contribution < -0.4 is 25.3 Å². The van der Waals surface area contributed by atoms with Gasteiger partial charge in [0.2, 0.25) is 16.0 Å². The van der Waals surface area contributed by atoms with Crippen LogP contribution in [0.3, 0.4) is 0 Å². The van der Waals surface area contributed by atoms with Crippen molar-refractivity contribution >= 4 is 73.4 Å². The smallest absolute Gasteiger partial charge is 0.277 e. The number of halogens is 2. The Morgan fingerprint density at radius 3 is 2.40 bits per heavy atom. The fourth-order valence-corrected chi connectivity index (χ4v) is 7.22. The van der Waals surface area contributed by atoms with Gasteiger partial charge in [-0.2, -0.15) is 0 Å². The van der Waals surface area contributed by atoms with Crippen molar-refractivity contribution in [3.8, 4) is 11.4 Å². The number of benzene rings is 3. The number of anilines is 3. The number of sulfonamides is 1. The lowest BCUT2D eigenvalue weighted by molar-refractivity contribution is 0.0705. The van der Waals surface area contributed by atoms with Crippen molar-refractivity contribution < 1.29 is 23.2 Å². The summed E-state index contributed by atoms with van der Waals surface area (Å²) >= 11 is 13.0. The first-order chi connectivity index (χ1) is 23.9. The maximum Gasteiger partial charge on any atom is 0.277 e. The zero-order chi connectivity index (χ0) is 35.6. The summed E-state index contributed by atoms with van der Waals surface area (Å²) in [5, 5.41) is 12.0. The molecule has 17 heteroatoms. The molecule has 1 fully saturated rings. The highest BCUT2D eigenvalue weighted by atomic mass is 35.5. The van der Waals surface area contributed by atoms with Crippen LogP contribution in [0.5, 0.6) is 0 Å². The Kier molecular flexibility index (Phi) is 10.2. The second-order valence-corrected chi connectivity index (χ2v) is 14.5. The molecule has 5 aromatic rings. The topological polar surface area (TPSA) is 186 Å². The van der Waals surface area contributed by atoms with Crippen LogP contribution in [0.2, 0.25) is 10.0 Å². The molecule has 0 unspecified atom stereocenters. The van der Waals surface area contributed by atoms with Crippen LogP contribution in [0.4, 0.5) is 17.3 Å². The average Bonchev–Trinajstić information content (AvgIpc) is 3.55. The molecule has 2 amide bonds. The van der Waals surface area contributed by atoms with Gasteiger partial charge in [-0.3, -0.25) is 14.8 Å². The largest absolute Gasteiger partial charge is 0.378 e. The molecule has 1 aliphatic rings. The van der Waals surface area contributed by atoms with Gasteiger partial charge in [0.25, 0.3) is 11.8 Å². The van der Waals surface area contributed by atoms with Crippen molar-refractivity contribution in [2.24, 2.45) is 5.92 Å². The van der Waals surface area contributed by atoms with Gasteiger partial charge in [-0.25, -0.2) is 33.6 Å². The molecule has 0 radical (unpaired) electrons. The van der Waals surface area contributed by atoms with E-state index in [1.54, 1.807) is 18.2 Å². The molecule has 50 heavy (non-hydrogen) atoms. The average molecular weight is 739 g/mol. The number of hydroxylamine groups is 1. The Labute approximate surface area is 297 Å². The predicted molar refractivity (Wildman–Crippen MR) is 192 cm³/mol. The molecule has 1 saturated heterocycles. The monoisotopic (exact) mass is 737 g/mol. The first kappa shape index (κ1) is 35.0. The maximum atomic E-state index is 13.2. The maximum absolute atomic E-state index is 13.2. The number of rotatable bonds is 10. The molecular formula is C33H33Cl2N9O5S. The summed E-state index contributed by atoms with van der Waals surface area (Å²) in [5.74, 6) is -0.174. The van der Waals surface area contributed by atoms with Gasteiger partial charge in [0.15, 0.2) is 0 Å². The number of imidazole rings is 1. The lowest BCUT2D eigenvalue weighted by Gasteiger charge is -2.32. The van der Waals surface area contributed by atoms with Gasteiger partial charge in [0.05, 0.1) is 37.1 Å². The summed E-state index contributed by atoms with van der Waals surface area (Å²) in [6.45, 7) is 1.41. The Balaban J connectivity index is 1.06. The number of fused-ring (bicyclic) bond motifs is 1. The van der Waals surface area contributed by atoms with E-state index in [2.05, 4.69) is 25.0 Å². The van der Waals surface area contributed by atoms with Crippen molar-refractivity contribution in [2.45, 2.75) is 17.7 Å². The predicted octanol–water partition coefficient (Wildman–Crippen LogP) is 4.96. The van der Waals surface area contributed by atoms with Crippen LogP contribution in [-0.4, -0.2) is 79.1 Å². The molecule has 14 nitrogen and oxygen atoms in total. The van der Waals surface area contributed by atoms with E-state index >= 15 is 0 Å². The van der Waals surface area contributed by atoms with Crippen molar-refractivity contribution in [1.29, 1.82) is 0 Å². The van der Waals surface area contributed by atoms with E-state index in [4.69, 9.17) is 33.4 Å². The van der Waals surface area contributed by atoms with Crippen LogP contribution in [0.15, 0.2) is 71.9 Å². The number of nitrogens with zero attached hydrogens (tertiary/aromatic N) is 5. The summed E-state index contributed by atoms with van der Waals surface area (Å²) in [6.07, 6.45) is 4.02. The van der Waals surface area contributed by atoms with Crippen molar-refractivity contribution in [1.82, 2.24) is 30.1 Å². The number of amides is 2. The van der Waals surface area contributed by atoms with Gasteiger partial charge < -0.3 is 20.1 Å². The molecule has 0 aliphatic carbocycles. The zero-order valence-electron chi connectivity index (χ0n) is 26.9. The molecule has 6 rings (SSSR count). The number of carbonyl (C=O) groups excluding carboxylic acids is 2. The molecular weight excluding hydrogens is 705 g/mol. The normalized spacial score (nSPS) is 13.7. The Morgan fingerprint density at radius 2 is 1.72 bits per heavy atom. The van der Waals surface area contributed by atoms with E-state index in [1.165, 1.54) is 36.1 Å². The van der Waals surface area contributed by atoms with E-state index in [-0.39, 0.29) is 33.5 Å². The third kappa shape index (κ3) is 7.66. The number of carbonyl (C=O) groups is 2. The van der Waals surface area contributed by atoms with E-state index in [9.17, 15) is 18.0 Å². The van der Waals surface area contributed by atoms with Crippen LogP contribution in [-0.2, 0) is 10.0 Å². The standard InChI is InChI=1S/C33H33Cl2N9O5S/c1-43(2)22-4-8-28-29(14-22)41-30(40-28)25-13-21(3-7-26(25)34)39-32(46)24-6-5-23(15-27(24)35)50(48,49)38-16-19-9-11-44(12-10-19)33-36-17-20(18-37-33)31(45)42-47/h3-8,13-15,17-19,38,47H,9-12,16H2,1-2H3,(H,39,46)(H,40,41)(H,42,45). The van der Waals surface area contributed by atoms with Crippen molar-refractivity contribution in [3.05, 3.63) is 88.2 Å². The molecule has 260 valence electrons. The summed E-state index contributed by atoms with van der Waals surface area (Å²) in [7, 11) is -0.0146. The molecule has 0 atom stereocenters.